The Balaban J connectivity index is 2.58. The molecule has 2 aromatic rings. The molecule has 2 rings (SSSR count). The summed E-state index contributed by atoms with van der Waals surface area (Å²) in [7, 11) is -0.435. The highest BCUT2D eigenvalue weighted by molar-refractivity contribution is 7.01. The lowest BCUT2D eigenvalue weighted by molar-refractivity contribution is 0.425. The summed E-state index contributed by atoms with van der Waals surface area (Å²) < 4.78 is 6.11. The van der Waals surface area contributed by atoms with Crippen LogP contribution in [0.2, 0.25) is 0 Å². The average molecular weight is 282 g/mol. The molecule has 104 valence electrons. The van der Waals surface area contributed by atoms with E-state index in [2.05, 4.69) is 86.3 Å². The molecule has 0 bridgehead atoms. The van der Waals surface area contributed by atoms with Crippen molar-refractivity contribution in [2.75, 3.05) is 7.11 Å². The topological polar surface area (TPSA) is 9.23 Å². The first kappa shape index (κ1) is 14.8. The van der Waals surface area contributed by atoms with E-state index in [0.29, 0.717) is 5.92 Å². The Bertz CT molecular complexity index is 507. The molecule has 0 fully saturated rings. The van der Waals surface area contributed by atoms with Crippen LogP contribution in [0.15, 0.2) is 72.4 Å². The van der Waals surface area contributed by atoms with Crippen LogP contribution < -0.4 is 10.4 Å². The number of hydrogen-bond acceptors (Lipinski definition) is 1. The van der Waals surface area contributed by atoms with Gasteiger partial charge in [-0.2, -0.15) is 0 Å². The monoisotopic (exact) mass is 282 g/mol. The molecule has 20 heavy (non-hydrogen) atoms. The van der Waals surface area contributed by atoms with Crippen LogP contribution in [-0.4, -0.2) is 15.4 Å². The molecule has 0 N–H and O–H groups in total. The van der Waals surface area contributed by atoms with Gasteiger partial charge in [0.25, 0.3) is 8.32 Å². The number of hydrogen-bond donors (Lipinski definition) is 0. The lowest BCUT2D eigenvalue weighted by Gasteiger charge is -2.27. The molecule has 0 unspecified atom stereocenters. The molecular weight excluding hydrogens is 260 g/mol. The first-order valence-corrected chi connectivity index (χ1v) is 9.03. The van der Waals surface area contributed by atoms with Crippen molar-refractivity contribution in [3.63, 3.8) is 0 Å². The molecule has 0 heterocycles. The third-order valence-corrected chi connectivity index (χ3v) is 7.13. The lowest BCUT2D eigenvalue weighted by Crippen LogP contribution is -2.59. The molecule has 0 atom stereocenters. The Labute approximate surface area is 123 Å². The van der Waals surface area contributed by atoms with Gasteiger partial charge < -0.3 is 4.43 Å². The summed E-state index contributed by atoms with van der Waals surface area (Å²) >= 11 is 0. The summed E-state index contributed by atoms with van der Waals surface area (Å²) in [6, 6.07) is 21.1. The maximum atomic E-state index is 6.11. The molecular formula is C18H22OSi. The van der Waals surface area contributed by atoms with Crippen molar-refractivity contribution in [1.82, 2.24) is 0 Å². The highest BCUT2D eigenvalue weighted by Crippen LogP contribution is 2.10. The van der Waals surface area contributed by atoms with Gasteiger partial charge in [-0.1, -0.05) is 86.3 Å². The Kier molecular flexibility index (Phi) is 4.93. The van der Waals surface area contributed by atoms with Crippen molar-refractivity contribution >= 4 is 18.7 Å². The van der Waals surface area contributed by atoms with E-state index in [1.165, 1.54) is 10.4 Å². The summed E-state index contributed by atoms with van der Waals surface area (Å²) in [5.74, 6) is 0.518. The predicted octanol–water partition coefficient (Wildman–Crippen LogP) is 3.14. The van der Waals surface area contributed by atoms with Crippen LogP contribution >= 0.6 is 0 Å². The van der Waals surface area contributed by atoms with Gasteiger partial charge in [0.2, 0.25) is 0 Å². The average Bonchev–Trinajstić information content (AvgIpc) is 2.50. The van der Waals surface area contributed by atoms with Crippen molar-refractivity contribution in [1.29, 1.82) is 0 Å². The van der Waals surface area contributed by atoms with Gasteiger partial charge in [0, 0.05) is 7.11 Å². The maximum Gasteiger partial charge on any atom is 0.280 e. The van der Waals surface area contributed by atoms with E-state index >= 15 is 0 Å². The molecule has 0 spiro atoms. The van der Waals surface area contributed by atoms with E-state index in [0.717, 1.165) is 0 Å². The van der Waals surface area contributed by atoms with Gasteiger partial charge in [0.15, 0.2) is 0 Å². The van der Waals surface area contributed by atoms with Crippen LogP contribution in [-0.2, 0) is 4.43 Å². The molecule has 2 aromatic carbocycles. The second kappa shape index (κ2) is 6.68. The summed E-state index contributed by atoms with van der Waals surface area (Å²) in [6.45, 7) is 4.39. The Hall–Kier alpha value is -1.64. The van der Waals surface area contributed by atoms with Gasteiger partial charge >= 0.3 is 0 Å². The molecule has 1 nitrogen and oxygen atoms in total. The quantitative estimate of drug-likeness (QED) is 0.766. The minimum Gasteiger partial charge on any atom is -0.408 e. The number of benzene rings is 2. The van der Waals surface area contributed by atoms with Gasteiger partial charge in [-0.05, 0) is 16.3 Å². The number of rotatable bonds is 5. The first-order chi connectivity index (χ1) is 9.69. The fourth-order valence-electron chi connectivity index (χ4n) is 2.36. The molecule has 0 aliphatic rings. The predicted molar refractivity (Wildman–Crippen MR) is 88.9 cm³/mol. The standard InChI is InChI=1S/C18H22OSi/c1-16(2)14-15-20(19-3,17-10-6-4-7-11-17)18-12-8-5-9-13-18/h4-16H,1-3H3/b15-14+. The van der Waals surface area contributed by atoms with Crippen LogP contribution in [0, 0.1) is 5.92 Å². The van der Waals surface area contributed by atoms with Crippen molar-refractivity contribution in [3.8, 4) is 0 Å². The first-order valence-electron chi connectivity index (χ1n) is 7.04. The fourth-order valence-corrected chi connectivity index (χ4v) is 5.72. The molecule has 0 saturated carbocycles. The molecule has 0 aliphatic carbocycles. The third-order valence-electron chi connectivity index (χ3n) is 3.44. The van der Waals surface area contributed by atoms with Gasteiger partial charge in [-0.15, -0.1) is 0 Å². The summed E-state index contributed by atoms with van der Waals surface area (Å²) in [5.41, 5.74) is 2.31. The van der Waals surface area contributed by atoms with Crippen LogP contribution in [0.3, 0.4) is 0 Å². The highest BCUT2D eigenvalue weighted by Gasteiger charge is 2.35. The van der Waals surface area contributed by atoms with Crippen LogP contribution in [0.4, 0.5) is 0 Å². The van der Waals surface area contributed by atoms with Crippen molar-refractivity contribution in [3.05, 3.63) is 72.4 Å². The highest BCUT2D eigenvalue weighted by atomic mass is 28.4. The molecule has 0 aromatic heterocycles. The molecule has 0 saturated heterocycles. The SMILES string of the molecule is CO[Si](/C=C/C(C)C)(c1ccccc1)c1ccccc1. The molecule has 2 heteroatoms. The molecule has 0 aliphatic heterocycles. The number of allylic oxidation sites excluding steroid dienone is 1. The van der Waals surface area contributed by atoms with Crippen molar-refractivity contribution in [2.24, 2.45) is 5.92 Å². The molecule has 0 amide bonds. The zero-order valence-electron chi connectivity index (χ0n) is 12.4. The largest absolute Gasteiger partial charge is 0.408 e. The van der Waals surface area contributed by atoms with Gasteiger partial charge in [-0.25, -0.2) is 0 Å². The minimum absolute atomic E-state index is 0.518. The summed E-state index contributed by atoms with van der Waals surface area (Å²) in [5, 5.41) is 2.57. The summed E-state index contributed by atoms with van der Waals surface area (Å²) in [6.07, 6.45) is 2.26. The maximum absolute atomic E-state index is 6.11. The van der Waals surface area contributed by atoms with Gasteiger partial charge in [0.1, 0.15) is 0 Å². The van der Waals surface area contributed by atoms with Gasteiger partial charge in [0.05, 0.1) is 0 Å². The van der Waals surface area contributed by atoms with Crippen molar-refractivity contribution < 1.29 is 4.43 Å². The smallest absolute Gasteiger partial charge is 0.280 e. The lowest BCUT2D eigenvalue weighted by atomic mass is 10.2. The summed E-state index contributed by atoms with van der Waals surface area (Å²) in [4.78, 5) is 0. The fraction of sp³-hybridized carbons (Fsp3) is 0.222. The van der Waals surface area contributed by atoms with Crippen LogP contribution in [0.25, 0.3) is 0 Å². The second-order valence-electron chi connectivity index (χ2n) is 5.27. The van der Waals surface area contributed by atoms with Crippen LogP contribution in [0.1, 0.15) is 13.8 Å². The van der Waals surface area contributed by atoms with Crippen LogP contribution in [0.5, 0.6) is 0 Å². The Morgan fingerprint density at radius 3 is 1.65 bits per heavy atom. The third kappa shape index (κ3) is 3.09. The molecule has 0 radical (unpaired) electrons. The normalized spacial score (nSPS) is 12.2. The van der Waals surface area contributed by atoms with E-state index in [9.17, 15) is 0 Å². The van der Waals surface area contributed by atoms with E-state index in [1.807, 2.05) is 7.11 Å². The van der Waals surface area contributed by atoms with E-state index in [-0.39, 0.29) is 0 Å². The van der Waals surface area contributed by atoms with E-state index in [4.69, 9.17) is 4.43 Å². The Morgan fingerprint density at radius 2 is 1.30 bits per heavy atom. The van der Waals surface area contributed by atoms with Crippen molar-refractivity contribution in [2.45, 2.75) is 13.8 Å². The van der Waals surface area contributed by atoms with E-state index in [1.54, 1.807) is 0 Å². The Morgan fingerprint density at radius 1 is 0.850 bits per heavy atom. The zero-order valence-corrected chi connectivity index (χ0v) is 13.4. The zero-order chi connectivity index (χ0) is 14.4. The minimum atomic E-state index is -2.27. The van der Waals surface area contributed by atoms with E-state index < -0.39 is 8.32 Å². The second-order valence-corrected chi connectivity index (χ2v) is 8.64. The van der Waals surface area contributed by atoms with Gasteiger partial charge in [-0.3, -0.25) is 0 Å².